The molecule has 0 fully saturated rings. The van der Waals surface area contributed by atoms with Gasteiger partial charge in [0.05, 0.1) is 18.9 Å². The average Bonchev–Trinajstić information content (AvgIpc) is 2.74. The van der Waals surface area contributed by atoms with Crippen LogP contribution >= 0.6 is 11.6 Å². The zero-order valence-electron chi connectivity index (χ0n) is 15.6. The van der Waals surface area contributed by atoms with Crippen molar-refractivity contribution in [2.45, 2.75) is 6.61 Å². The molecule has 0 saturated heterocycles. The van der Waals surface area contributed by atoms with E-state index in [1.807, 2.05) is 12.1 Å². The van der Waals surface area contributed by atoms with E-state index < -0.39 is 5.91 Å². The first kappa shape index (κ1) is 20.2. The normalized spacial score (nSPS) is 10.7. The first-order valence-corrected chi connectivity index (χ1v) is 9.11. The van der Waals surface area contributed by atoms with Crippen LogP contribution in [0.15, 0.2) is 71.8 Å². The lowest BCUT2D eigenvalue weighted by Crippen LogP contribution is -2.18. The number of hydrogen-bond donors (Lipinski definition) is 2. The van der Waals surface area contributed by atoms with Crippen molar-refractivity contribution in [2.24, 2.45) is 5.10 Å². The van der Waals surface area contributed by atoms with Crippen molar-refractivity contribution in [3.05, 3.63) is 88.4 Å². The highest BCUT2D eigenvalue weighted by atomic mass is 35.5. The maximum absolute atomic E-state index is 12.5. The SMILES string of the molecule is COc1cc(/C=N/NC(=O)c2ccccc2OCc2ccc(Cl)cc2)ccc1O. The van der Waals surface area contributed by atoms with Crippen molar-refractivity contribution in [1.29, 1.82) is 0 Å². The number of nitrogens with zero attached hydrogens (tertiary/aromatic N) is 1. The minimum Gasteiger partial charge on any atom is -0.504 e. The molecular formula is C22H19ClN2O4. The summed E-state index contributed by atoms with van der Waals surface area (Å²) in [5, 5.41) is 14.2. The quantitative estimate of drug-likeness (QED) is 0.447. The van der Waals surface area contributed by atoms with Crippen LogP contribution in [0.4, 0.5) is 0 Å². The molecule has 3 rings (SSSR count). The van der Waals surface area contributed by atoms with Gasteiger partial charge in [0.1, 0.15) is 12.4 Å². The van der Waals surface area contributed by atoms with E-state index in [4.69, 9.17) is 21.1 Å². The second-order valence-corrected chi connectivity index (χ2v) is 6.48. The van der Waals surface area contributed by atoms with Gasteiger partial charge in [-0.3, -0.25) is 4.79 Å². The van der Waals surface area contributed by atoms with Gasteiger partial charge in [-0.1, -0.05) is 35.9 Å². The van der Waals surface area contributed by atoms with Crippen LogP contribution in [-0.4, -0.2) is 24.3 Å². The van der Waals surface area contributed by atoms with Crippen molar-refractivity contribution in [1.82, 2.24) is 5.43 Å². The van der Waals surface area contributed by atoms with Gasteiger partial charge in [-0.05, 0) is 53.6 Å². The maximum atomic E-state index is 12.5. The Morgan fingerprint density at radius 3 is 2.62 bits per heavy atom. The van der Waals surface area contributed by atoms with E-state index in [-0.39, 0.29) is 5.75 Å². The first-order chi connectivity index (χ1) is 14.1. The number of amides is 1. The van der Waals surface area contributed by atoms with Gasteiger partial charge in [-0.15, -0.1) is 0 Å². The highest BCUT2D eigenvalue weighted by Gasteiger charge is 2.11. The summed E-state index contributed by atoms with van der Waals surface area (Å²) in [6, 6.07) is 19.0. The van der Waals surface area contributed by atoms with Crippen LogP contribution in [0.5, 0.6) is 17.2 Å². The summed E-state index contributed by atoms with van der Waals surface area (Å²) in [5.74, 6) is 0.391. The van der Waals surface area contributed by atoms with Crippen molar-refractivity contribution >= 4 is 23.7 Å². The predicted molar refractivity (Wildman–Crippen MR) is 112 cm³/mol. The molecule has 0 heterocycles. The molecule has 2 N–H and O–H groups in total. The van der Waals surface area contributed by atoms with Crippen molar-refractivity contribution in [2.75, 3.05) is 7.11 Å². The fourth-order valence-corrected chi connectivity index (χ4v) is 2.65. The molecule has 0 aliphatic heterocycles. The van der Waals surface area contributed by atoms with Gasteiger partial charge < -0.3 is 14.6 Å². The number of phenolic OH excluding ortho intramolecular Hbond substituents is 1. The minimum atomic E-state index is -0.404. The Kier molecular flexibility index (Phi) is 6.71. The van der Waals surface area contributed by atoms with E-state index >= 15 is 0 Å². The lowest BCUT2D eigenvalue weighted by molar-refractivity contribution is 0.0950. The smallest absolute Gasteiger partial charge is 0.275 e. The molecule has 0 aliphatic carbocycles. The molecule has 0 atom stereocenters. The highest BCUT2D eigenvalue weighted by Crippen LogP contribution is 2.25. The van der Waals surface area contributed by atoms with E-state index in [1.165, 1.54) is 19.4 Å². The van der Waals surface area contributed by atoms with Gasteiger partial charge in [-0.2, -0.15) is 5.10 Å². The Morgan fingerprint density at radius 2 is 1.86 bits per heavy atom. The molecule has 3 aromatic carbocycles. The standard InChI is InChI=1S/C22H19ClN2O4/c1-28-21-12-16(8-11-19(21)26)13-24-25-22(27)18-4-2-3-5-20(18)29-14-15-6-9-17(23)10-7-15/h2-13,26H,14H2,1H3,(H,25,27)/b24-13+. The van der Waals surface area contributed by atoms with E-state index in [2.05, 4.69) is 10.5 Å². The Labute approximate surface area is 173 Å². The third-order valence-electron chi connectivity index (χ3n) is 4.02. The molecule has 0 spiro atoms. The second-order valence-electron chi connectivity index (χ2n) is 6.04. The number of nitrogens with one attached hydrogen (secondary N) is 1. The number of aromatic hydroxyl groups is 1. The Balaban J connectivity index is 1.65. The van der Waals surface area contributed by atoms with Crippen molar-refractivity contribution < 1.29 is 19.4 Å². The molecule has 0 aliphatic rings. The van der Waals surface area contributed by atoms with E-state index in [0.29, 0.717) is 34.3 Å². The molecule has 0 unspecified atom stereocenters. The van der Waals surface area contributed by atoms with E-state index in [9.17, 15) is 9.90 Å². The van der Waals surface area contributed by atoms with Gasteiger partial charge in [0.15, 0.2) is 11.5 Å². The molecular weight excluding hydrogens is 392 g/mol. The Morgan fingerprint density at radius 1 is 1.10 bits per heavy atom. The first-order valence-electron chi connectivity index (χ1n) is 8.73. The predicted octanol–water partition coefficient (Wildman–Crippen LogP) is 4.40. The number of halogens is 1. The van der Waals surface area contributed by atoms with Crippen LogP contribution in [0, 0.1) is 0 Å². The molecule has 0 bridgehead atoms. The number of rotatable bonds is 7. The van der Waals surface area contributed by atoms with Crippen molar-refractivity contribution in [3.8, 4) is 17.2 Å². The summed E-state index contributed by atoms with van der Waals surface area (Å²) in [5.41, 5.74) is 4.43. The zero-order valence-corrected chi connectivity index (χ0v) is 16.4. The molecule has 1 amide bonds. The van der Waals surface area contributed by atoms with Gasteiger partial charge in [0, 0.05) is 5.02 Å². The highest BCUT2D eigenvalue weighted by molar-refractivity contribution is 6.30. The second kappa shape index (κ2) is 9.61. The molecule has 148 valence electrons. The molecule has 0 saturated carbocycles. The summed E-state index contributed by atoms with van der Waals surface area (Å²) in [4.78, 5) is 12.5. The Bertz CT molecular complexity index is 1020. The monoisotopic (exact) mass is 410 g/mol. The number of hydrazone groups is 1. The summed E-state index contributed by atoms with van der Waals surface area (Å²) in [6.07, 6.45) is 1.46. The summed E-state index contributed by atoms with van der Waals surface area (Å²) < 4.78 is 10.8. The fourth-order valence-electron chi connectivity index (χ4n) is 2.52. The van der Waals surface area contributed by atoms with E-state index in [0.717, 1.165) is 5.56 Å². The van der Waals surface area contributed by atoms with Crippen molar-refractivity contribution in [3.63, 3.8) is 0 Å². The number of carbonyl (C=O) groups is 1. The Hall–Kier alpha value is -3.51. The fraction of sp³-hybridized carbons (Fsp3) is 0.0909. The largest absolute Gasteiger partial charge is 0.504 e. The van der Waals surface area contributed by atoms with E-state index in [1.54, 1.807) is 48.5 Å². The van der Waals surface area contributed by atoms with Crippen LogP contribution in [0.2, 0.25) is 5.02 Å². The number of ether oxygens (including phenoxy) is 2. The molecule has 7 heteroatoms. The summed E-state index contributed by atoms with van der Waals surface area (Å²) in [7, 11) is 1.46. The number of para-hydroxylation sites is 1. The number of carbonyl (C=O) groups excluding carboxylic acids is 1. The third kappa shape index (κ3) is 5.49. The van der Waals surface area contributed by atoms with Gasteiger partial charge in [0.2, 0.25) is 0 Å². The maximum Gasteiger partial charge on any atom is 0.275 e. The van der Waals surface area contributed by atoms with Crippen LogP contribution in [0.1, 0.15) is 21.5 Å². The van der Waals surface area contributed by atoms with Gasteiger partial charge in [0.25, 0.3) is 5.91 Å². The molecule has 3 aromatic rings. The van der Waals surface area contributed by atoms with Crippen LogP contribution < -0.4 is 14.9 Å². The molecule has 0 aromatic heterocycles. The zero-order chi connectivity index (χ0) is 20.6. The lowest BCUT2D eigenvalue weighted by atomic mass is 10.2. The minimum absolute atomic E-state index is 0.0282. The number of phenols is 1. The molecule has 0 radical (unpaired) electrons. The number of methoxy groups -OCH3 is 1. The topological polar surface area (TPSA) is 80.2 Å². The summed E-state index contributed by atoms with van der Waals surface area (Å²) in [6.45, 7) is 0.304. The summed E-state index contributed by atoms with van der Waals surface area (Å²) >= 11 is 5.89. The molecule has 6 nitrogen and oxygen atoms in total. The number of benzene rings is 3. The van der Waals surface area contributed by atoms with Crippen LogP contribution in [0.25, 0.3) is 0 Å². The molecule has 29 heavy (non-hydrogen) atoms. The third-order valence-corrected chi connectivity index (χ3v) is 4.27. The average molecular weight is 411 g/mol. The van der Waals surface area contributed by atoms with Crippen LogP contribution in [-0.2, 0) is 6.61 Å². The van der Waals surface area contributed by atoms with Gasteiger partial charge in [-0.25, -0.2) is 5.43 Å². The number of hydrogen-bond acceptors (Lipinski definition) is 5. The van der Waals surface area contributed by atoms with Gasteiger partial charge >= 0.3 is 0 Å². The van der Waals surface area contributed by atoms with Crippen LogP contribution in [0.3, 0.4) is 0 Å². The lowest BCUT2D eigenvalue weighted by Gasteiger charge is -2.10.